The molecule has 0 radical (unpaired) electrons. The molecular formula is C25H25F3N4O2. The minimum absolute atomic E-state index is 0.0208. The summed E-state index contributed by atoms with van der Waals surface area (Å²) in [7, 11) is 3.96. The molecule has 0 atom stereocenters. The highest BCUT2D eigenvalue weighted by atomic mass is 19.4. The summed E-state index contributed by atoms with van der Waals surface area (Å²) in [5.74, 6) is -0.596. The Labute approximate surface area is 195 Å². The van der Waals surface area contributed by atoms with E-state index in [0.29, 0.717) is 12.2 Å². The van der Waals surface area contributed by atoms with Gasteiger partial charge in [0.25, 0.3) is 5.91 Å². The Kier molecular flexibility index (Phi) is 7.91. The van der Waals surface area contributed by atoms with Gasteiger partial charge in [-0.1, -0.05) is 36.4 Å². The molecule has 9 heteroatoms. The van der Waals surface area contributed by atoms with Crippen molar-refractivity contribution in [3.63, 3.8) is 0 Å². The number of carbonyl (C=O) groups excluding carboxylic acids is 2. The largest absolute Gasteiger partial charge is 0.416 e. The molecule has 3 rings (SSSR count). The zero-order valence-electron chi connectivity index (χ0n) is 18.7. The van der Waals surface area contributed by atoms with E-state index in [4.69, 9.17) is 0 Å². The fraction of sp³-hybridized carbons (Fsp3) is 0.200. The molecule has 6 nitrogen and oxygen atoms in total. The monoisotopic (exact) mass is 470 g/mol. The summed E-state index contributed by atoms with van der Waals surface area (Å²) < 4.78 is 38.6. The SMILES string of the molecule is CN(C)Cc1cccc(CNC(=O)Nc2cccc(C(=O)Nc3cccc(C(F)(F)F)c3)c2)c1. The van der Waals surface area contributed by atoms with Gasteiger partial charge in [-0.25, -0.2) is 4.79 Å². The normalized spacial score (nSPS) is 11.2. The number of rotatable bonds is 7. The zero-order chi connectivity index (χ0) is 24.7. The van der Waals surface area contributed by atoms with E-state index >= 15 is 0 Å². The first-order valence-corrected chi connectivity index (χ1v) is 10.5. The highest BCUT2D eigenvalue weighted by molar-refractivity contribution is 6.05. The van der Waals surface area contributed by atoms with Crippen molar-refractivity contribution in [3.8, 4) is 0 Å². The third kappa shape index (κ3) is 7.35. The average molecular weight is 470 g/mol. The molecule has 0 saturated carbocycles. The lowest BCUT2D eigenvalue weighted by Gasteiger charge is -2.12. The van der Waals surface area contributed by atoms with Gasteiger partial charge in [0.05, 0.1) is 5.56 Å². The van der Waals surface area contributed by atoms with Crippen molar-refractivity contribution in [1.29, 1.82) is 0 Å². The maximum absolute atomic E-state index is 12.9. The molecule has 0 unspecified atom stereocenters. The van der Waals surface area contributed by atoms with Crippen LogP contribution in [0.2, 0.25) is 0 Å². The Morgan fingerprint density at radius 3 is 2.18 bits per heavy atom. The molecule has 3 amide bonds. The van der Waals surface area contributed by atoms with Crippen LogP contribution in [0.25, 0.3) is 0 Å². The van der Waals surface area contributed by atoms with Gasteiger partial charge in [-0.2, -0.15) is 13.2 Å². The Morgan fingerprint density at radius 1 is 0.824 bits per heavy atom. The number of amides is 3. The molecular weight excluding hydrogens is 445 g/mol. The summed E-state index contributed by atoms with van der Waals surface area (Å²) in [6.45, 7) is 1.11. The van der Waals surface area contributed by atoms with Crippen LogP contribution >= 0.6 is 0 Å². The average Bonchev–Trinajstić information content (AvgIpc) is 2.77. The number of nitrogens with one attached hydrogen (secondary N) is 3. The van der Waals surface area contributed by atoms with Crippen molar-refractivity contribution < 1.29 is 22.8 Å². The molecule has 0 bridgehead atoms. The summed E-state index contributed by atoms with van der Waals surface area (Å²) in [5, 5.41) is 7.87. The van der Waals surface area contributed by atoms with Crippen molar-refractivity contribution >= 4 is 23.3 Å². The third-order valence-corrected chi connectivity index (χ3v) is 4.77. The van der Waals surface area contributed by atoms with Gasteiger partial charge in [-0.15, -0.1) is 0 Å². The van der Waals surface area contributed by atoms with Gasteiger partial charge in [-0.3, -0.25) is 4.79 Å². The smallest absolute Gasteiger partial charge is 0.334 e. The van der Waals surface area contributed by atoms with Crippen molar-refractivity contribution in [2.75, 3.05) is 24.7 Å². The number of benzene rings is 3. The first kappa shape index (κ1) is 24.8. The molecule has 0 spiro atoms. The van der Waals surface area contributed by atoms with Crippen LogP contribution in [0.5, 0.6) is 0 Å². The van der Waals surface area contributed by atoms with E-state index in [1.807, 2.05) is 38.4 Å². The first-order chi connectivity index (χ1) is 16.1. The maximum atomic E-state index is 12.9. The van der Waals surface area contributed by atoms with Crippen molar-refractivity contribution in [3.05, 3.63) is 95.1 Å². The lowest BCUT2D eigenvalue weighted by atomic mass is 10.1. The Balaban J connectivity index is 1.59. The summed E-state index contributed by atoms with van der Waals surface area (Å²) in [4.78, 5) is 26.9. The predicted octanol–water partition coefficient (Wildman–Crippen LogP) is 5.34. The van der Waals surface area contributed by atoms with Gasteiger partial charge in [-0.05, 0) is 61.6 Å². The van der Waals surface area contributed by atoms with Crippen molar-refractivity contribution in [2.24, 2.45) is 0 Å². The van der Waals surface area contributed by atoms with E-state index in [1.165, 1.54) is 24.3 Å². The number of carbonyl (C=O) groups is 2. The number of hydrogen-bond acceptors (Lipinski definition) is 3. The number of halogens is 3. The topological polar surface area (TPSA) is 73.5 Å². The Hall–Kier alpha value is -3.85. The molecule has 0 heterocycles. The number of urea groups is 1. The maximum Gasteiger partial charge on any atom is 0.416 e. The van der Waals surface area contributed by atoms with Gasteiger partial charge < -0.3 is 20.9 Å². The van der Waals surface area contributed by atoms with E-state index in [2.05, 4.69) is 20.9 Å². The Bertz CT molecular complexity index is 1160. The van der Waals surface area contributed by atoms with Crippen LogP contribution in [0.3, 0.4) is 0 Å². The summed E-state index contributed by atoms with van der Waals surface area (Å²) in [6.07, 6.45) is -4.51. The summed E-state index contributed by atoms with van der Waals surface area (Å²) in [6, 6.07) is 17.9. The Morgan fingerprint density at radius 2 is 1.47 bits per heavy atom. The van der Waals surface area contributed by atoms with E-state index in [9.17, 15) is 22.8 Å². The fourth-order valence-electron chi connectivity index (χ4n) is 3.28. The van der Waals surface area contributed by atoms with Crippen molar-refractivity contribution in [2.45, 2.75) is 19.3 Å². The highest BCUT2D eigenvalue weighted by Crippen LogP contribution is 2.30. The summed E-state index contributed by atoms with van der Waals surface area (Å²) >= 11 is 0. The molecule has 3 aromatic rings. The van der Waals surface area contributed by atoms with E-state index in [-0.39, 0.29) is 11.3 Å². The minimum atomic E-state index is -4.51. The molecule has 0 fully saturated rings. The number of anilines is 2. The predicted molar refractivity (Wildman–Crippen MR) is 126 cm³/mol. The van der Waals surface area contributed by atoms with Gasteiger partial charge in [0, 0.05) is 30.0 Å². The van der Waals surface area contributed by atoms with E-state index in [1.54, 1.807) is 12.1 Å². The molecule has 3 N–H and O–H groups in total. The van der Waals surface area contributed by atoms with Crippen LogP contribution in [0, 0.1) is 0 Å². The second-order valence-electron chi connectivity index (χ2n) is 7.98. The van der Waals surface area contributed by atoms with Crippen LogP contribution < -0.4 is 16.0 Å². The summed E-state index contributed by atoms with van der Waals surface area (Å²) in [5.41, 5.74) is 1.80. The van der Waals surface area contributed by atoms with Crippen LogP contribution in [-0.2, 0) is 19.3 Å². The molecule has 34 heavy (non-hydrogen) atoms. The van der Waals surface area contributed by atoms with Crippen LogP contribution in [0.1, 0.15) is 27.0 Å². The third-order valence-electron chi connectivity index (χ3n) is 4.77. The van der Waals surface area contributed by atoms with E-state index < -0.39 is 23.7 Å². The second kappa shape index (κ2) is 10.8. The van der Waals surface area contributed by atoms with Crippen molar-refractivity contribution in [1.82, 2.24) is 10.2 Å². The lowest BCUT2D eigenvalue weighted by molar-refractivity contribution is -0.137. The molecule has 0 saturated heterocycles. The molecule has 178 valence electrons. The van der Waals surface area contributed by atoms with Crippen LogP contribution in [0.4, 0.5) is 29.3 Å². The second-order valence-corrected chi connectivity index (χ2v) is 7.98. The molecule has 0 aliphatic rings. The fourth-order valence-corrected chi connectivity index (χ4v) is 3.28. The molecule has 0 aliphatic carbocycles. The molecule has 0 aliphatic heterocycles. The minimum Gasteiger partial charge on any atom is -0.334 e. The van der Waals surface area contributed by atoms with E-state index in [0.717, 1.165) is 29.8 Å². The number of alkyl halides is 3. The van der Waals surface area contributed by atoms with Gasteiger partial charge in [0.15, 0.2) is 0 Å². The van der Waals surface area contributed by atoms with Gasteiger partial charge in [0.2, 0.25) is 0 Å². The van der Waals surface area contributed by atoms with Gasteiger partial charge >= 0.3 is 12.2 Å². The number of hydrogen-bond donors (Lipinski definition) is 3. The standard InChI is InChI=1S/C25H25F3N4O2/c1-32(2)16-18-7-3-6-17(12-18)15-29-24(34)31-21-10-4-8-19(13-21)23(33)30-22-11-5-9-20(14-22)25(26,27)28/h3-14H,15-16H2,1-2H3,(H,30,33)(H2,29,31,34). The quantitative estimate of drug-likeness (QED) is 0.436. The van der Waals surface area contributed by atoms with Crippen LogP contribution in [0.15, 0.2) is 72.8 Å². The lowest BCUT2D eigenvalue weighted by Crippen LogP contribution is -2.28. The number of nitrogens with zero attached hydrogens (tertiary/aromatic N) is 1. The molecule has 0 aromatic heterocycles. The highest BCUT2D eigenvalue weighted by Gasteiger charge is 2.30. The van der Waals surface area contributed by atoms with Crippen LogP contribution in [-0.4, -0.2) is 30.9 Å². The molecule has 3 aromatic carbocycles. The van der Waals surface area contributed by atoms with Gasteiger partial charge in [0.1, 0.15) is 0 Å². The zero-order valence-corrected chi connectivity index (χ0v) is 18.7. The first-order valence-electron chi connectivity index (χ1n) is 10.5.